The summed E-state index contributed by atoms with van der Waals surface area (Å²) in [7, 11) is -3.83. The number of ether oxygens (including phenoxy) is 3. The van der Waals surface area contributed by atoms with Crippen LogP contribution in [0.4, 0.5) is 0 Å². The lowest BCUT2D eigenvalue weighted by molar-refractivity contribution is -0.154. The molecule has 158 valence electrons. The number of aromatic amines is 1. The molecule has 13 nitrogen and oxygen atoms in total. The lowest BCUT2D eigenvalue weighted by atomic mass is 10.0. The van der Waals surface area contributed by atoms with Crippen LogP contribution in [0.25, 0.3) is 0 Å². The fourth-order valence-corrected chi connectivity index (χ4v) is 3.26. The highest BCUT2D eigenvalue weighted by atomic mass is 31.2. The van der Waals surface area contributed by atoms with Crippen LogP contribution in [-0.2, 0) is 30.6 Å². The molecule has 1 saturated heterocycles. The minimum Gasteiger partial charge on any atom is -0.464 e. The van der Waals surface area contributed by atoms with E-state index in [9.17, 15) is 38.9 Å². The number of carbonyl (C=O) groups is 1. The first kappa shape index (κ1) is 22.4. The fraction of sp³-hybridized carbons (Fsp3) is 0.643. The fourth-order valence-electron chi connectivity index (χ4n) is 2.63. The number of nitrogens with zero attached hydrogens (tertiary/aromatic N) is 1. The molecule has 0 spiro atoms. The third kappa shape index (κ3) is 4.58. The predicted molar refractivity (Wildman–Crippen MR) is 90.3 cm³/mol. The average Bonchev–Trinajstić information content (AvgIpc) is 2.88. The van der Waals surface area contributed by atoms with Gasteiger partial charge in [0.1, 0.15) is 24.4 Å². The number of nitrogens with one attached hydrogen (secondary N) is 1. The minimum absolute atomic E-state index is 0.141. The summed E-state index contributed by atoms with van der Waals surface area (Å²) < 4.78 is 27.0. The van der Waals surface area contributed by atoms with Crippen molar-refractivity contribution >= 4 is 13.6 Å². The van der Waals surface area contributed by atoms with Crippen LogP contribution in [0.1, 0.15) is 18.6 Å². The number of aliphatic hydroxyl groups is 2. The van der Waals surface area contributed by atoms with Crippen LogP contribution in [-0.4, -0.2) is 72.9 Å². The summed E-state index contributed by atoms with van der Waals surface area (Å²) in [5, 5.41) is 20.3. The van der Waals surface area contributed by atoms with Gasteiger partial charge in [-0.05, 0) is 6.92 Å². The van der Waals surface area contributed by atoms with Gasteiger partial charge in [-0.2, -0.15) is 0 Å². The highest BCUT2D eigenvalue weighted by Crippen LogP contribution is 2.43. The number of aromatic nitrogens is 2. The predicted octanol–water partition coefficient (Wildman–Crippen LogP) is -2.68. The SMILES string of the molecule is CCOC(=O)[C@H](OC[C@H]1O[C@H](c2c[nH]c(=O)n(C)c2=O)[C@H](O)[C@@H]1O)P(=O)(O)O. The van der Waals surface area contributed by atoms with E-state index < -0.39 is 61.7 Å². The van der Waals surface area contributed by atoms with Gasteiger partial charge in [0.25, 0.3) is 11.4 Å². The zero-order chi connectivity index (χ0) is 21.2. The molecule has 0 bridgehead atoms. The van der Waals surface area contributed by atoms with Crippen LogP contribution in [0.15, 0.2) is 15.8 Å². The van der Waals surface area contributed by atoms with Crippen molar-refractivity contribution in [3.8, 4) is 0 Å². The third-order valence-electron chi connectivity index (χ3n) is 4.09. The van der Waals surface area contributed by atoms with Gasteiger partial charge in [0, 0.05) is 13.2 Å². The van der Waals surface area contributed by atoms with E-state index in [4.69, 9.17) is 9.47 Å². The molecule has 28 heavy (non-hydrogen) atoms. The summed E-state index contributed by atoms with van der Waals surface area (Å²) >= 11 is 0. The van der Waals surface area contributed by atoms with E-state index in [2.05, 4.69) is 9.72 Å². The lowest BCUT2D eigenvalue weighted by Crippen LogP contribution is -2.38. The maximum absolute atomic E-state index is 12.2. The van der Waals surface area contributed by atoms with E-state index >= 15 is 0 Å². The van der Waals surface area contributed by atoms with E-state index in [-0.39, 0.29) is 12.2 Å². The van der Waals surface area contributed by atoms with Crippen LogP contribution in [0.2, 0.25) is 0 Å². The summed E-state index contributed by atoms with van der Waals surface area (Å²) in [6, 6.07) is 0. The minimum atomic E-state index is -5.04. The molecule has 0 aliphatic carbocycles. The third-order valence-corrected chi connectivity index (χ3v) is 5.06. The number of esters is 1. The molecule has 1 fully saturated rings. The highest BCUT2D eigenvalue weighted by Gasteiger charge is 2.46. The summed E-state index contributed by atoms with van der Waals surface area (Å²) in [6.45, 7) is 0.606. The summed E-state index contributed by atoms with van der Waals surface area (Å²) in [5.74, 6) is -3.53. The first-order chi connectivity index (χ1) is 13.0. The maximum Gasteiger partial charge on any atom is 0.365 e. The number of H-pyrrole nitrogens is 1. The molecule has 0 amide bonds. The van der Waals surface area contributed by atoms with Gasteiger partial charge < -0.3 is 39.2 Å². The molecular formula is C14H21N2O11P. The second-order valence-corrected chi connectivity index (χ2v) is 7.66. The van der Waals surface area contributed by atoms with Crippen molar-refractivity contribution in [3.05, 3.63) is 32.6 Å². The van der Waals surface area contributed by atoms with Gasteiger partial charge in [-0.3, -0.25) is 13.9 Å². The van der Waals surface area contributed by atoms with Crippen LogP contribution >= 0.6 is 7.60 Å². The number of hydrogen-bond acceptors (Lipinski definition) is 9. The Bertz CT molecular complexity index is 875. The van der Waals surface area contributed by atoms with Gasteiger partial charge in [-0.25, -0.2) is 9.59 Å². The van der Waals surface area contributed by atoms with Crippen molar-refractivity contribution in [3.63, 3.8) is 0 Å². The molecule has 14 heteroatoms. The Balaban J connectivity index is 2.17. The van der Waals surface area contributed by atoms with Gasteiger partial charge in [-0.1, -0.05) is 0 Å². The molecular weight excluding hydrogens is 403 g/mol. The molecule has 1 aliphatic rings. The summed E-state index contributed by atoms with van der Waals surface area (Å²) in [6.07, 6.45) is -4.81. The standard InChI is InChI=1S/C14H21N2O11P/c1-3-25-12(20)13(28(22,23)24)26-5-7-8(17)9(18)10(27-7)6-4-15-14(21)16(2)11(6)19/h4,7-10,13,17-18H,3,5H2,1-2H3,(H,15,21)(H2,22,23,24)/t7-,8-,9-,10-,13-/m1/s1. The molecule has 1 aromatic rings. The number of hydrogen-bond donors (Lipinski definition) is 5. The number of rotatable bonds is 7. The van der Waals surface area contributed by atoms with Gasteiger partial charge in [0.05, 0.1) is 18.8 Å². The zero-order valence-electron chi connectivity index (χ0n) is 14.9. The molecule has 1 aromatic heterocycles. The Morgan fingerprint density at radius 1 is 1.36 bits per heavy atom. The van der Waals surface area contributed by atoms with E-state index in [1.54, 1.807) is 0 Å². The molecule has 0 aromatic carbocycles. The maximum atomic E-state index is 12.2. The van der Waals surface area contributed by atoms with Gasteiger partial charge in [-0.15, -0.1) is 0 Å². The quantitative estimate of drug-likeness (QED) is 0.226. The molecule has 0 radical (unpaired) electrons. The van der Waals surface area contributed by atoms with Crippen LogP contribution in [0.3, 0.4) is 0 Å². The van der Waals surface area contributed by atoms with Crippen LogP contribution < -0.4 is 11.2 Å². The van der Waals surface area contributed by atoms with Crippen molar-refractivity contribution in [1.82, 2.24) is 9.55 Å². The van der Waals surface area contributed by atoms with Crippen LogP contribution in [0.5, 0.6) is 0 Å². The summed E-state index contributed by atoms with van der Waals surface area (Å²) in [4.78, 5) is 56.0. The molecule has 5 atom stereocenters. The Hall–Kier alpha value is -1.86. The highest BCUT2D eigenvalue weighted by molar-refractivity contribution is 7.53. The smallest absolute Gasteiger partial charge is 0.365 e. The molecule has 0 unspecified atom stereocenters. The Morgan fingerprint density at radius 2 is 2.00 bits per heavy atom. The van der Waals surface area contributed by atoms with Gasteiger partial charge in [0.15, 0.2) is 0 Å². The van der Waals surface area contributed by atoms with Gasteiger partial charge >= 0.3 is 19.3 Å². The summed E-state index contributed by atoms with van der Waals surface area (Å²) in [5.41, 5.74) is -1.60. The van der Waals surface area contributed by atoms with Crippen molar-refractivity contribution in [2.75, 3.05) is 13.2 Å². The number of aliphatic hydroxyl groups excluding tert-OH is 2. The molecule has 5 N–H and O–H groups in total. The van der Waals surface area contributed by atoms with Gasteiger partial charge in [0.2, 0.25) is 0 Å². The van der Waals surface area contributed by atoms with E-state index in [0.29, 0.717) is 0 Å². The van der Waals surface area contributed by atoms with Crippen LogP contribution in [0, 0.1) is 0 Å². The van der Waals surface area contributed by atoms with Crippen molar-refractivity contribution in [1.29, 1.82) is 0 Å². The monoisotopic (exact) mass is 424 g/mol. The molecule has 2 rings (SSSR count). The molecule has 0 saturated carbocycles. The van der Waals surface area contributed by atoms with E-state index in [0.717, 1.165) is 10.8 Å². The average molecular weight is 424 g/mol. The van der Waals surface area contributed by atoms with E-state index in [1.165, 1.54) is 14.0 Å². The Kier molecular flexibility index (Phi) is 6.93. The lowest BCUT2D eigenvalue weighted by Gasteiger charge is -2.20. The first-order valence-electron chi connectivity index (χ1n) is 8.12. The van der Waals surface area contributed by atoms with Crippen molar-refractivity contribution in [2.24, 2.45) is 7.05 Å². The number of carbonyl (C=O) groups excluding carboxylic acids is 1. The first-order valence-corrected chi connectivity index (χ1v) is 9.80. The Labute approximate surface area is 157 Å². The second-order valence-electron chi connectivity index (χ2n) is 6.02. The molecule has 2 heterocycles. The largest absolute Gasteiger partial charge is 0.464 e. The second kappa shape index (κ2) is 8.66. The Morgan fingerprint density at radius 3 is 2.57 bits per heavy atom. The van der Waals surface area contributed by atoms with Crippen molar-refractivity contribution in [2.45, 2.75) is 37.2 Å². The normalized spacial score (nSPS) is 26.2. The molecule has 1 aliphatic heterocycles. The van der Waals surface area contributed by atoms with E-state index in [1.807, 2.05) is 0 Å². The topological polar surface area (TPSA) is 198 Å². The zero-order valence-corrected chi connectivity index (χ0v) is 15.8. The van der Waals surface area contributed by atoms with Crippen molar-refractivity contribution < 1.29 is 43.6 Å².